The van der Waals surface area contributed by atoms with E-state index in [1.165, 1.54) is 25.0 Å². The van der Waals surface area contributed by atoms with E-state index in [4.69, 9.17) is 0 Å². The van der Waals surface area contributed by atoms with Crippen LogP contribution in [-0.2, 0) is 13.0 Å². The quantitative estimate of drug-likeness (QED) is 0.770. The van der Waals surface area contributed by atoms with Gasteiger partial charge in [-0.3, -0.25) is 4.68 Å². The molecule has 0 aliphatic rings. The van der Waals surface area contributed by atoms with Crippen molar-refractivity contribution in [1.29, 1.82) is 0 Å². The SMILES string of the molecule is CCCC(CCc1cc(C)nn1CC)NC. The van der Waals surface area contributed by atoms with Crippen LogP contribution in [-0.4, -0.2) is 22.9 Å². The topological polar surface area (TPSA) is 29.9 Å². The van der Waals surface area contributed by atoms with Gasteiger partial charge in [-0.05, 0) is 46.2 Å². The fourth-order valence-electron chi connectivity index (χ4n) is 2.18. The van der Waals surface area contributed by atoms with Gasteiger partial charge in [-0.1, -0.05) is 13.3 Å². The van der Waals surface area contributed by atoms with E-state index in [0.29, 0.717) is 6.04 Å². The molecule has 0 aliphatic carbocycles. The number of hydrogen-bond acceptors (Lipinski definition) is 2. The highest BCUT2D eigenvalue weighted by Crippen LogP contribution is 2.10. The zero-order valence-electron chi connectivity index (χ0n) is 11.1. The van der Waals surface area contributed by atoms with E-state index in [1.807, 2.05) is 0 Å². The van der Waals surface area contributed by atoms with Crippen LogP contribution < -0.4 is 5.32 Å². The van der Waals surface area contributed by atoms with Crippen LogP contribution in [0.3, 0.4) is 0 Å². The highest BCUT2D eigenvalue weighted by molar-refractivity contribution is 5.09. The molecule has 0 bridgehead atoms. The van der Waals surface area contributed by atoms with Crippen LogP contribution in [0.5, 0.6) is 0 Å². The van der Waals surface area contributed by atoms with Crippen LogP contribution in [0.1, 0.15) is 44.5 Å². The van der Waals surface area contributed by atoms with Crippen molar-refractivity contribution in [2.45, 2.75) is 59.0 Å². The molecule has 3 heteroatoms. The molecule has 0 spiro atoms. The molecule has 1 heterocycles. The number of nitrogens with one attached hydrogen (secondary N) is 1. The second kappa shape index (κ2) is 6.69. The van der Waals surface area contributed by atoms with E-state index in [-0.39, 0.29) is 0 Å². The Balaban J connectivity index is 2.52. The first-order valence-corrected chi connectivity index (χ1v) is 6.41. The van der Waals surface area contributed by atoms with Gasteiger partial charge in [0.05, 0.1) is 5.69 Å². The van der Waals surface area contributed by atoms with Crippen molar-refractivity contribution in [3.05, 3.63) is 17.5 Å². The van der Waals surface area contributed by atoms with Crippen LogP contribution in [0.2, 0.25) is 0 Å². The van der Waals surface area contributed by atoms with E-state index >= 15 is 0 Å². The van der Waals surface area contributed by atoms with Crippen molar-refractivity contribution in [3.8, 4) is 0 Å². The molecule has 92 valence electrons. The Morgan fingerprint density at radius 1 is 1.38 bits per heavy atom. The summed E-state index contributed by atoms with van der Waals surface area (Å²) in [6.07, 6.45) is 4.84. The molecule has 0 radical (unpaired) electrons. The Morgan fingerprint density at radius 3 is 2.69 bits per heavy atom. The summed E-state index contributed by atoms with van der Waals surface area (Å²) >= 11 is 0. The first-order valence-electron chi connectivity index (χ1n) is 6.41. The average Bonchev–Trinajstić information content (AvgIpc) is 2.65. The van der Waals surface area contributed by atoms with Crippen LogP contribution in [0.15, 0.2) is 6.07 Å². The second-order valence-corrected chi connectivity index (χ2v) is 4.41. The van der Waals surface area contributed by atoms with E-state index in [9.17, 15) is 0 Å². The molecule has 1 aromatic heterocycles. The fourth-order valence-corrected chi connectivity index (χ4v) is 2.18. The Kier molecular flexibility index (Phi) is 5.53. The Hall–Kier alpha value is -0.830. The number of nitrogens with zero attached hydrogens (tertiary/aromatic N) is 2. The normalized spacial score (nSPS) is 13.0. The largest absolute Gasteiger partial charge is 0.317 e. The van der Waals surface area contributed by atoms with Crippen LogP contribution in [0.25, 0.3) is 0 Å². The summed E-state index contributed by atoms with van der Waals surface area (Å²) in [5.74, 6) is 0. The third-order valence-electron chi connectivity index (χ3n) is 3.08. The minimum atomic E-state index is 0.644. The van der Waals surface area contributed by atoms with Gasteiger partial charge in [0.1, 0.15) is 0 Å². The third-order valence-corrected chi connectivity index (χ3v) is 3.08. The zero-order valence-corrected chi connectivity index (χ0v) is 11.1. The second-order valence-electron chi connectivity index (χ2n) is 4.41. The molecule has 0 aromatic carbocycles. The zero-order chi connectivity index (χ0) is 12.0. The summed E-state index contributed by atoms with van der Waals surface area (Å²) in [5.41, 5.74) is 2.50. The summed E-state index contributed by atoms with van der Waals surface area (Å²) in [7, 11) is 2.06. The molecule has 16 heavy (non-hydrogen) atoms. The molecule has 1 atom stereocenters. The molecule has 0 amide bonds. The number of hydrogen-bond donors (Lipinski definition) is 1. The maximum atomic E-state index is 4.48. The predicted octanol–water partition coefficient (Wildman–Crippen LogP) is 2.53. The standard InChI is InChI=1S/C13H25N3/c1-5-7-12(14-4)8-9-13-10-11(3)15-16(13)6-2/h10,12,14H,5-9H2,1-4H3. The van der Waals surface area contributed by atoms with Gasteiger partial charge >= 0.3 is 0 Å². The Labute approximate surface area is 99.2 Å². The number of aromatic nitrogens is 2. The van der Waals surface area contributed by atoms with E-state index < -0.39 is 0 Å². The van der Waals surface area contributed by atoms with Gasteiger partial charge in [0.15, 0.2) is 0 Å². The van der Waals surface area contributed by atoms with Crippen molar-refractivity contribution in [2.75, 3.05) is 7.05 Å². The Morgan fingerprint density at radius 2 is 2.12 bits per heavy atom. The van der Waals surface area contributed by atoms with Crippen LogP contribution in [0, 0.1) is 6.92 Å². The first kappa shape index (κ1) is 13.2. The molecule has 1 rings (SSSR count). The summed E-state index contributed by atoms with van der Waals surface area (Å²) in [6, 6.07) is 2.85. The van der Waals surface area contributed by atoms with Gasteiger partial charge in [-0.25, -0.2) is 0 Å². The van der Waals surface area contributed by atoms with E-state index in [0.717, 1.165) is 18.7 Å². The highest BCUT2D eigenvalue weighted by atomic mass is 15.3. The summed E-state index contributed by atoms with van der Waals surface area (Å²) < 4.78 is 2.12. The molecule has 1 N–H and O–H groups in total. The molecular formula is C13H25N3. The monoisotopic (exact) mass is 223 g/mol. The minimum Gasteiger partial charge on any atom is -0.317 e. The third kappa shape index (κ3) is 3.63. The van der Waals surface area contributed by atoms with Gasteiger partial charge in [0.2, 0.25) is 0 Å². The molecule has 3 nitrogen and oxygen atoms in total. The fraction of sp³-hybridized carbons (Fsp3) is 0.769. The van der Waals surface area contributed by atoms with Gasteiger partial charge < -0.3 is 5.32 Å². The van der Waals surface area contributed by atoms with Crippen LogP contribution >= 0.6 is 0 Å². The van der Waals surface area contributed by atoms with Crippen molar-refractivity contribution >= 4 is 0 Å². The van der Waals surface area contributed by atoms with Crippen molar-refractivity contribution < 1.29 is 0 Å². The Bertz CT molecular complexity index is 304. The molecule has 0 aliphatic heterocycles. The van der Waals surface area contributed by atoms with Crippen LogP contribution in [0.4, 0.5) is 0 Å². The molecular weight excluding hydrogens is 198 g/mol. The first-order chi connectivity index (χ1) is 7.71. The molecule has 1 aromatic rings. The minimum absolute atomic E-state index is 0.644. The van der Waals surface area contributed by atoms with Crippen molar-refractivity contribution in [2.24, 2.45) is 0 Å². The maximum absolute atomic E-state index is 4.48. The molecule has 0 saturated heterocycles. The lowest BCUT2D eigenvalue weighted by atomic mass is 10.1. The van der Waals surface area contributed by atoms with Crippen molar-refractivity contribution in [1.82, 2.24) is 15.1 Å². The summed E-state index contributed by atoms with van der Waals surface area (Å²) in [4.78, 5) is 0. The van der Waals surface area contributed by atoms with E-state index in [1.54, 1.807) is 0 Å². The number of rotatable bonds is 7. The maximum Gasteiger partial charge on any atom is 0.0596 e. The molecule has 1 unspecified atom stereocenters. The van der Waals surface area contributed by atoms with E-state index in [2.05, 4.69) is 49.0 Å². The summed E-state index contributed by atoms with van der Waals surface area (Å²) in [5, 5.41) is 7.86. The molecule has 0 saturated carbocycles. The lowest BCUT2D eigenvalue weighted by molar-refractivity contribution is 0.473. The molecule has 0 fully saturated rings. The predicted molar refractivity (Wildman–Crippen MR) is 68.7 cm³/mol. The lowest BCUT2D eigenvalue weighted by Gasteiger charge is -2.15. The lowest BCUT2D eigenvalue weighted by Crippen LogP contribution is -2.25. The van der Waals surface area contributed by atoms with Crippen molar-refractivity contribution in [3.63, 3.8) is 0 Å². The highest BCUT2D eigenvalue weighted by Gasteiger charge is 2.08. The van der Waals surface area contributed by atoms with Gasteiger partial charge in [-0.2, -0.15) is 5.10 Å². The summed E-state index contributed by atoms with van der Waals surface area (Å²) in [6.45, 7) is 7.43. The number of aryl methyl sites for hydroxylation is 3. The average molecular weight is 223 g/mol. The smallest absolute Gasteiger partial charge is 0.0596 e. The van der Waals surface area contributed by atoms with Gasteiger partial charge in [-0.15, -0.1) is 0 Å². The van der Waals surface area contributed by atoms with Gasteiger partial charge in [0.25, 0.3) is 0 Å². The van der Waals surface area contributed by atoms with Gasteiger partial charge in [0, 0.05) is 18.3 Å².